The number of ether oxygens (including phenoxy) is 2. The molecule has 0 aromatic heterocycles. The molecular formula is C13H18O3. The van der Waals surface area contributed by atoms with Crippen LogP contribution in [0, 0.1) is 0 Å². The minimum Gasteiger partial charge on any atom is -0.508 e. The monoisotopic (exact) mass is 222 g/mol. The van der Waals surface area contributed by atoms with E-state index in [0.717, 1.165) is 18.4 Å². The minimum atomic E-state index is -0.309. The number of phenolic OH excluding ortho intramolecular Hbond substituents is 1. The van der Waals surface area contributed by atoms with Crippen molar-refractivity contribution >= 4 is 0 Å². The van der Waals surface area contributed by atoms with Gasteiger partial charge in [0.2, 0.25) is 0 Å². The number of rotatable bonds is 2. The summed E-state index contributed by atoms with van der Waals surface area (Å²) >= 11 is 0. The Kier molecular flexibility index (Phi) is 3.17. The Hall–Kier alpha value is -1.06. The zero-order valence-corrected chi connectivity index (χ0v) is 9.77. The van der Waals surface area contributed by atoms with Crippen LogP contribution in [0.15, 0.2) is 24.3 Å². The van der Waals surface area contributed by atoms with Crippen LogP contribution in [0.5, 0.6) is 5.75 Å². The molecule has 1 aromatic carbocycles. The SMILES string of the molecule is CO[C@]1(c2cccc(O)c2)CCO[C@@H](C)C1. The van der Waals surface area contributed by atoms with E-state index in [2.05, 4.69) is 6.92 Å². The number of benzene rings is 1. The maximum atomic E-state index is 9.53. The molecule has 0 spiro atoms. The maximum Gasteiger partial charge on any atom is 0.115 e. The van der Waals surface area contributed by atoms with E-state index in [1.165, 1.54) is 0 Å². The van der Waals surface area contributed by atoms with Gasteiger partial charge in [-0.1, -0.05) is 12.1 Å². The summed E-state index contributed by atoms with van der Waals surface area (Å²) in [5.74, 6) is 0.285. The molecule has 2 atom stereocenters. The molecule has 1 saturated heterocycles. The van der Waals surface area contributed by atoms with Gasteiger partial charge in [0.1, 0.15) is 5.75 Å². The largest absolute Gasteiger partial charge is 0.508 e. The van der Waals surface area contributed by atoms with Gasteiger partial charge in [-0.3, -0.25) is 0 Å². The third kappa shape index (κ3) is 2.06. The second-order valence-electron chi connectivity index (χ2n) is 4.38. The quantitative estimate of drug-likeness (QED) is 0.835. The highest BCUT2D eigenvalue weighted by Gasteiger charge is 2.37. The van der Waals surface area contributed by atoms with E-state index in [9.17, 15) is 5.11 Å². The van der Waals surface area contributed by atoms with Crippen molar-refractivity contribution in [3.05, 3.63) is 29.8 Å². The summed E-state index contributed by atoms with van der Waals surface area (Å²) in [4.78, 5) is 0. The van der Waals surface area contributed by atoms with Crippen molar-refractivity contribution in [2.24, 2.45) is 0 Å². The Bertz CT molecular complexity index is 364. The van der Waals surface area contributed by atoms with E-state index in [4.69, 9.17) is 9.47 Å². The Balaban J connectivity index is 2.33. The fourth-order valence-corrected chi connectivity index (χ4v) is 2.41. The van der Waals surface area contributed by atoms with Crippen LogP contribution in [0.3, 0.4) is 0 Å². The molecule has 0 radical (unpaired) electrons. The van der Waals surface area contributed by atoms with Gasteiger partial charge in [0.05, 0.1) is 18.3 Å². The molecule has 16 heavy (non-hydrogen) atoms. The molecular weight excluding hydrogens is 204 g/mol. The first-order valence-electron chi connectivity index (χ1n) is 5.62. The van der Waals surface area contributed by atoms with Crippen LogP contribution in [-0.2, 0) is 15.1 Å². The molecule has 1 N–H and O–H groups in total. The first-order valence-corrected chi connectivity index (χ1v) is 5.62. The second kappa shape index (κ2) is 4.44. The molecule has 1 heterocycles. The molecule has 2 rings (SSSR count). The Morgan fingerprint density at radius 1 is 1.50 bits per heavy atom. The van der Waals surface area contributed by atoms with Crippen molar-refractivity contribution in [2.45, 2.75) is 31.5 Å². The lowest BCUT2D eigenvalue weighted by Gasteiger charge is -2.39. The molecule has 88 valence electrons. The van der Waals surface area contributed by atoms with Gasteiger partial charge < -0.3 is 14.6 Å². The van der Waals surface area contributed by atoms with Crippen molar-refractivity contribution in [1.29, 1.82) is 0 Å². The first kappa shape index (κ1) is 11.4. The summed E-state index contributed by atoms with van der Waals surface area (Å²) in [7, 11) is 1.72. The van der Waals surface area contributed by atoms with E-state index >= 15 is 0 Å². The average molecular weight is 222 g/mol. The van der Waals surface area contributed by atoms with E-state index in [0.29, 0.717) is 6.61 Å². The van der Waals surface area contributed by atoms with Crippen molar-refractivity contribution < 1.29 is 14.6 Å². The van der Waals surface area contributed by atoms with Gasteiger partial charge in [0.15, 0.2) is 0 Å². The third-order valence-corrected chi connectivity index (χ3v) is 3.29. The molecule has 1 aromatic rings. The summed E-state index contributed by atoms with van der Waals surface area (Å²) < 4.78 is 11.2. The lowest BCUT2D eigenvalue weighted by Crippen LogP contribution is -2.39. The number of hydrogen-bond acceptors (Lipinski definition) is 3. The van der Waals surface area contributed by atoms with Crippen LogP contribution >= 0.6 is 0 Å². The molecule has 3 nitrogen and oxygen atoms in total. The fourth-order valence-electron chi connectivity index (χ4n) is 2.41. The Morgan fingerprint density at radius 2 is 2.31 bits per heavy atom. The molecule has 1 aliphatic rings. The predicted octanol–water partition coefficient (Wildman–Crippen LogP) is 2.43. The van der Waals surface area contributed by atoms with Crippen molar-refractivity contribution in [2.75, 3.05) is 13.7 Å². The smallest absolute Gasteiger partial charge is 0.115 e. The van der Waals surface area contributed by atoms with Gasteiger partial charge in [0, 0.05) is 20.0 Å². The van der Waals surface area contributed by atoms with Crippen molar-refractivity contribution in [3.8, 4) is 5.75 Å². The molecule has 0 aliphatic carbocycles. The van der Waals surface area contributed by atoms with Crippen LogP contribution in [0.25, 0.3) is 0 Å². The summed E-state index contributed by atoms with van der Waals surface area (Å²) in [5.41, 5.74) is 0.723. The van der Waals surface area contributed by atoms with E-state index < -0.39 is 0 Å². The zero-order valence-electron chi connectivity index (χ0n) is 9.77. The highest BCUT2D eigenvalue weighted by molar-refractivity contribution is 5.32. The van der Waals surface area contributed by atoms with Crippen LogP contribution < -0.4 is 0 Å². The standard InChI is InChI=1S/C13H18O3/c1-10-9-13(15-2,6-7-16-10)11-4-3-5-12(14)8-11/h3-5,8,10,14H,6-7,9H2,1-2H3/t10-,13+/m0/s1. The van der Waals surface area contributed by atoms with E-state index in [-0.39, 0.29) is 17.5 Å². The van der Waals surface area contributed by atoms with Crippen LogP contribution in [0.2, 0.25) is 0 Å². The summed E-state index contributed by atoms with van der Waals surface area (Å²) in [6.45, 7) is 2.75. The number of hydrogen-bond donors (Lipinski definition) is 1. The van der Waals surface area contributed by atoms with Gasteiger partial charge >= 0.3 is 0 Å². The molecule has 1 aliphatic heterocycles. The summed E-state index contributed by atoms with van der Waals surface area (Å²) in [6.07, 6.45) is 1.85. The topological polar surface area (TPSA) is 38.7 Å². The van der Waals surface area contributed by atoms with Crippen LogP contribution in [-0.4, -0.2) is 24.9 Å². The lowest BCUT2D eigenvalue weighted by atomic mass is 9.83. The van der Waals surface area contributed by atoms with Gasteiger partial charge in [-0.15, -0.1) is 0 Å². The van der Waals surface area contributed by atoms with Crippen molar-refractivity contribution in [3.63, 3.8) is 0 Å². The predicted molar refractivity (Wildman–Crippen MR) is 61.4 cm³/mol. The minimum absolute atomic E-state index is 0.191. The molecule has 0 saturated carbocycles. The number of phenols is 1. The number of methoxy groups -OCH3 is 1. The Morgan fingerprint density at radius 3 is 2.94 bits per heavy atom. The summed E-state index contributed by atoms with van der Waals surface area (Å²) in [6, 6.07) is 7.31. The van der Waals surface area contributed by atoms with Gasteiger partial charge in [0.25, 0.3) is 0 Å². The lowest BCUT2D eigenvalue weighted by molar-refractivity contribution is -0.122. The third-order valence-electron chi connectivity index (χ3n) is 3.29. The second-order valence-corrected chi connectivity index (χ2v) is 4.38. The maximum absolute atomic E-state index is 9.53. The van der Waals surface area contributed by atoms with E-state index in [1.807, 2.05) is 12.1 Å². The molecule has 0 bridgehead atoms. The molecule has 1 fully saturated rings. The van der Waals surface area contributed by atoms with E-state index in [1.54, 1.807) is 19.2 Å². The fraction of sp³-hybridized carbons (Fsp3) is 0.538. The first-order chi connectivity index (χ1) is 7.66. The van der Waals surface area contributed by atoms with Crippen LogP contribution in [0.4, 0.5) is 0 Å². The van der Waals surface area contributed by atoms with Crippen LogP contribution in [0.1, 0.15) is 25.3 Å². The normalized spacial score (nSPS) is 30.2. The molecule has 0 amide bonds. The Labute approximate surface area is 96.0 Å². The highest BCUT2D eigenvalue weighted by Crippen LogP contribution is 2.38. The van der Waals surface area contributed by atoms with Gasteiger partial charge in [-0.05, 0) is 24.6 Å². The van der Waals surface area contributed by atoms with Crippen molar-refractivity contribution in [1.82, 2.24) is 0 Å². The summed E-state index contributed by atoms with van der Waals surface area (Å²) in [5, 5.41) is 9.53. The molecule has 0 unspecified atom stereocenters. The van der Waals surface area contributed by atoms with Gasteiger partial charge in [-0.2, -0.15) is 0 Å². The molecule has 3 heteroatoms. The van der Waals surface area contributed by atoms with Gasteiger partial charge in [-0.25, -0.2) is 0 Å². The average Bonchev–Trinajstić information content (AvgIpc) is 2.29. The highest BCUT2D eigenvalue weighted by atomic mass is 16.5. The number of aromatic hydroxyl groups is 1. The zero-order chi connectivity index (χ0) is 11.6.